The number of hydrogen-bond acceptors (Lipinski definition) is 5. The average Bonchev–Trinajstić information content (AvgIpc) is 3.40. The highest BCUT2D eigenvalue weighted by atomic mass is 16.5. The number of amides is 1. The lowest BCUT2D eigenvalue weighted by Crippen LogP contribution is -2.24. The van der Waals surface area contributed by atoms with Crippen LogP contribution >= 0.6 is 0 Å². The molecule has 1 aliphatic rings. The molecule has 1 atom stereocenters. The summed E-state index contributed by atoms with van der Waals surface area (Å²) in [7, 11) is 0. The summed E-state index contributed by atoms with van der Waals surface area (Å²) in [5.74, 6) is 2.30. The second-order valence-corrected chi connectivity index (χ2v) is 7.98. The van der Waals surface area contributed by atoms with Crippen molar-refractivity contribution in [2.24, 2.45) is 0 Å². The molecule has 1 fully saturated rings. The second kappa shape index (κ2) is 8.69. The van der Waals surface area contributed by atoms with E-state index in [0.29, 0.717) is 37.2 Å². The Bertz CT molecular complexity index is 993. The van der Waals surface area contributed by atoms with Crippen molar-refractivity contribution in [3.63, 3.8) is 0 Å². The minimum atomic E-state index is -0.101. The fourth-order valence-electron chi connectivity index (χ4n) is 3.60. The molecule has 30 heavy (non-hydrogen) atoms. The van der Waals surface area contributed by atoms with Crippen LogP contribution in [0.4, 0.5) is 5.69 Å². The number of ether oxygens (including phenoxy) is 1. The Morgan fingerprint density at radius 3 is 2.53 bits per heavy atom. The van der Waals surface area contributed by atoms with Crippen LogP contribution in [-0.4, -0.2) is 29.2 Å². The highest BCUT2D eigenvalue weighted by molar-refractivity contribution is 5.96. The van der Waals surface area contributed by atoms with Crippen molar-refractivity contribution in [3.8, 4) is 17.1 Å². The van der Waals surface area contributed by atoms with Gasteiger partial charge in [-0.3, -0.25) is 4.79 Å². The quantitative estimate of drug-likeness (QED) is 0.542. The van der Waals surface area contributed by atoms with E-state index < -0.39 is 0 Å². The highest BCUT2D eigenvalue weighted by Crippen LogP contribution is 2.32. The third-order valence-corrected chi connectivity index (χ3v) is 5.37. The fraction of sp³-hybridized carbons (Fsp3) is 0.375. The number of rotatable bonds is 7. The molecular weight excluding hydrogens is 378 g/mol. The van der Waals surface area contributed by atoms with Crippen molar-refractivity contribution in [1.82, 2.24) is 10.1 Å². The molecule has 2 heterocycles. The monoisotopic (exact) mass is 405 g/mol. The van der Waals surface area contributed by atoms with Crippen molar-refractivity contribution in [3.05, 3.63) is 60.0 Å². The zero-order valence-corrected chi connectivity index (χ0v) is 17.7. The van der Waals surface area contributed by atoms with Crippen molar-refractivity contribution in [2.45, 2.75) is 45.4 Å². The van der Waals surface area contributed by atoms with Crippen molar-refractivity contribution < 1.29 is 14.1 Å². The van der Waals surface area contributed by atoms with E-state index in [1.54, 1.807) is 4.90 Å². The van der Waals surface area contributed by atoms with Crippen LogP contribution in [0.15, 0.2) is 53.1 Å². The molecule has 3 aromatic rings. The van der Waals surface area contributed by atoms with E-state index in [4.69, 9.17) is 9.26 Å². The summed E-state index contributed by atoms with van der Waals surface area (Å²) in [4.78, 5) is 19.0. The number of hydrogen-bond donors (Lipinski definition) is 0. The van der Waals surface area contributed by atoms with Gasteiger partial charge in [-0.05, 0) is 54.3 Å². The Morgan fingerprint density at radius 2 is 1.87 bits per heavy atom. The molecule has 0 saturated carbocycles. The van der Waals surface area contributed by atoms with Crippen LogP contribution in [0.5, 0.6) is 5.75 Å². The SMILES string of the molecule is CCCOc1ccc(-c2noc(C3CC(=O)N(c4ccc(C(C)C)cc4)C3)n2)cc1. The summed E-state index contributed by atoms with van der Waals surface area (Å²) in [5.41, 5.74) is 3.03. The largest absolute Gasteiger partial charge is 0.494 e. The molecule has 0 aliphatic carbocycles. The maximum atomic E-state index is 12.6. The Morgan fingerprint density at radius 1 is 1.13 bits per heavy atom. The van der Waals surface area contributed by atoms with Gasteiger partial charge in [0.2, 0.25) is 17.6 Å². The molecule has 6 heteroatoms. The first-order valence-electron chi connectivity index (χ1n) is 10.5. The van der Waals surface area contributed by atoms with E-state index in [2.05, 4.69) is 43.0 Å². The normalized spacial score (nSPS) is 16.5. The number of carbonyl (C=O) groups is 1. The molecule has 1 saturated heterocycles. The van der Waals surface area contributed by atoms with E-state index in [1.165, 1.54) is 5.56 Å². The molecule has 1 unspecified atom stereocenters. The summed E-state index contributed by atoms with van der Waals surface area (Å²) in [6, 6.07) is 15.8. The zero-order chi connectivity index (χ0) is 21.1. The minimum Gasteiger partial charge on any atom is -0.494 e. The van der Waals surface area contributed by atoms with Crippen LogP contribution in [0, 0.1) is 0 Å². The molecule has 0 radical (unpaired) electrons. The minimum absolute atomic E-state index is 0.0782. The van der Waals surface area contributed by atoms with Crippen LogP contribution in [0.25, 0.3) is 11.4 Å². The smallest absolute Gasteiger partial charge is 0.232 e. The summed E-state index contributed by atoms with van der Waals surface area (Å²) >= 11 is 0. The fourth-order valence-corrected chi connectivity index (χ4v) is 3.60. The number of carbonyl (C=O) groups excluding carboxylic acids is 1. The van der Waals surface area contributed by atoms with E-state index in [0.717, 1.165) is 23.4 Å². The molecule has 2 aromatic carbocycles. The lowest BCUT2D eigenvalue weighted by molar-refractivity contribution is -0.117. The van der Waals surface area contributed by atoms with Gasteiger partial charge < -0.3 is 14.2 Å². The molecule has 6 nitrogen and oxygen atoms in total. The predicted octanol–water partition coefficient (Wildman–Crippen LogP) is 5.17. The molecule has 0 bridgehead atoms. The van der Waals surface area contributed by atoms with Crippen LogP contribution in [0.2, 0.25) is 0 Å². The number of anilines is 1. The predicted molar refractivity (Wildman–Crippen MR) is 116 cm³/mol. The second-order valence-electron chi connectivity index (χ2n) is 7.98. The van der Waals surface area contributed by atoms with E-state index in [1.807, 2.05) is 36.4 Å². The van der Waals surface area contributed by atoms with Crippen LogP contribution < -0.4 is 9.64 Å². The lowest BCUT2D eigenvalue weighted by atomic mass is 10.0. The van der Waals surface area contributed by atoms with Gasteiger partial charge in [0.15, 0.2) is 0 Å². The van der Waals surface area contributed by atoms with Gasteiger partial charge in [-0.2, -0.15) is 4.98 Å². The molecule has 0 N–H and O–H groups in total. The standard InChI is InChI=1S/C24H27N3O3/c1-4-13-29-21-11-7-18(8-12-21)23-25-24(30-26-23)19-14-22(28)27(15-19)20-9-5-17(6-10-20)16(2)3/h5-12,16,19H,4,13-15H2,1-3H3. The Labute approximate surface area is 176 Å². The van der Waals surface area contributed by atoms with Crippen LogP contribution in [0.3, 0.4) is 0 Å². The van der Waals surface area contributed by atoms with E-state index in [9.17, 15) is 4.79 Å². The topological polar surface area (TPSA) is 68.5 Å². The average molecular weight is 405 g/mol. The summed E-state index contributed by atoms with van der Waals surface area (Å²) in [5, 5.41) is 4.12. The van der Waals surface area contributed by atoms with Gasteiger partial charge in [0.25, 0.3) is 0 Å². The maximum absolute atomic E-state index is 12.6. The molecule has 156 valence electrons. The van der Waals surface area contributed by atoms with E-state index >= 15 is 0 Å². The van der Waals surface area contributed by atoms with E-state index in [-0.39, 0.29) is 11.8 Å². The maximum Gasteiger partial charge on any atom is 0.232 e. The van der Waals surface area contributed by atoms with Gasteiger partial charge in [0.05, 0.1) is 12.5 Å². The van der Waals surface area contributed by atoms with Gasteiger partial charge >= 0.3 is 0 Å². The van der Waals surface area contributed by atoms with Crippen molar-refractivity contribution >= 4 is 11.6 Å². The Kier molecular flexibility index (Phi) is 5.84. The zero-order valence-electron chi connectivity index (χ0n) is 17.7. The number of nitrogens with zero attached hydrogens (tertiary/aromatic N) is 3. The molecule has 0 spiro atoms. The molecule has 1 aliphatic heterocycles. The lowest BCUT2D eigenvalue weighted by Gasteiger charge is -2.17. The van der Waals surface area contributed by atoms with Crippen molar-refractivity contribution in [2.75, 3.05) is 18.1 Å². The summed E-state index contributed by atoms with van der Waals surface area (Å²) in [6.45, 7) is 7.63. The van der Waals surface area contributed by atoms with Gasteiger partial charge in [0.1, 0.15) is 5.75 Å². The van der Waals surface area contributed by atoms with Crippen LogP contribution in [0.1, 0.15) is 56.9 Å². The van der Waals surface area contributed by atoms with Gasteiger partial charge in [-0.15, -0.1) is 0 Å². The number of benzene rings is 2. The van der Waals surface area contributed by atoms with Gasteiger partial charge in [-0.25, -0.2) is 0 Å². The summed E-state index contributed by atoms with van der Waals surface area (Å²) < 4.78 is 11.1. The Balaban J connectivity index is 1.45. The molecule has 1 amide bonds. The molecule has 1 aromatic heterocycles. The molecule has 4 rings (SSSR count). The first-order valence-corrected chi connectivity index (χ1v) is 10.5. The summed E-state index contributed by atoms with van der Waals surface area (Å²) in [6.07, 6.45) is 1.34. The van der Waals surface area contributed by atoms with Gasteiger partial charge in [0, 0.05) is 24.2 Å². The van der Waals surface area contributed by atoms with Crippen molar-refractivity contribution in [1.29, 1.82) is 0 Å². The van der Waals surface area contributed by atoms with Crippen LogP contribution in [-0.2, 0) is 4.79 Å². The van der Waals surface area contributed by atoms with Gasteiger partial charge in [-0.1, -0.05) is 38.1 Å². The highest BCUT2D eigenvalue weighted by Gasteiger charge is 2.35. The third kappa shape index (κ3) is 4.22. The Hall–Kier alpha value is -3.15. The third-order valence-electron chi connectivity index (χ3n) is 5.37. The number of aromatic nitrogens is 2. The first-order chi connectivity index (χ1) is 14.5. The molecular formula is C24H27N3O3. The first kappa shape index (κ1) is 20.1.